The van der Waals surface area contributed by atoms with Gasteiger partial charge in [0.05, 0.1) is 12.0 Å². The van der Waals surface area contributed by atoms with E-state index in [0.29, 0.717) is 12.3 Å². The van der Waals surface area contributed by atoms with Gasteiger partial charge in [0.15, 0.2) is 0 Å². The van der Waals surface area contributed by atoms with Crippen LogP contribution in [0.25, 0.3) is 0 Å². The van der Waals surface area contributed by atoms with E-state index in [1.54, 1.807) is 4.90 Å². The van der Waals surface area contributed by atoms with Crippen LogP contribution in [-0.4, -0.2) is 24.4 Å². The van der Waals surface area contributed by atoms with Gasteiger partial charge in [0.2, 0.25) is 5.91 Å². The van der Waals surface area contributed by atoms with Gasteiger partial charge in [-0.2, -0.15) is 5.26 Å². The van der Waals surface area contributed by atoms with Crippen LogP contribution in [0.4, 0.5) is 0 Å². The van der Waals surface area contributed by atoms with E-state index < -0.39 is 0 Å². The lowest BCUT2D eigenvalue weighted by Gasteiger charge is -2.27. The summed E-state index contributed by atoms with van der Waals surface area (Å²) in [5, 5.41) is 9.26. The number of carbonyl (C=O) groups excluding carboxylic acids is 1. The molecule has 1 unspecified atom stereocenters. The van der Waals surface area contributed by atoms with Crippen molar-refractivity contribution in [3.63, 3.8) is 0 Å². The first-order chi connectivity index (χ1) is 8.69. The predicted molar refractivity (Wildman–Crippen MR) is 72.8 cm³/mol. The molecule has 0 spiro atoms. The third kappa shape index (κ3) is 4.68. The molecule has 1 aliphatic carbocycles. The van der Waals surface area contributed by atoms with Crippen LogP contribution in [-0.2, 0) is 4.79 Å². The lowest BCUT2D eigenvalue weighted by Crippen LogP contribution is -2.31. The fraction of sp³-hybridized carbons (Fsp3) is 0.867. The molecule has 0 heterocycles. The van der Waals surface area contributed by atoms with Crippen LogP contribution < -0.4 is 0 Å². The average Bonchev–Trinajstić information content (AvgIpc) is 2.42. The molecule has 1 aliphatic rings. The molecule has 0 bridgehead atoms. The normalized spacial score (nSPS) is 18.1. The molecule has 102 valence electrons. The van der Waals surface area contributed by atoms with Crippen LogP contribution in [0.1, 0.15) is 58.3 Å². The van der Waals surface area contributed by atoms with Gasteiger partial charge in [0, 0.05) is 20.0 Å². The van der Waals surface area contributed by atoms with Crippen LogP contribution in [0.3, 0.4) is 0 Å². The van der Waals surface area contributed by atoms with Gasteiger partial charge in [-0.05, 0) is 25.2 Å². The number of hydrogen-bond donors (Lipinski definition) is 0. The zero-order chi connectivity index (χ0) is 13.4. The van der Waals surface area contributed by atoms with E-state index in [0.717, 1.165) is 32.2 Å². The lowest BCUT2D eigenvalue weighted by molar-refractivity contribution is -0.131. The first-order valence-electron chi connectivity index (χ1n) is 7.32. The molecule has 1 amide bonds. The summed E-state index contributed by atoms with van der Waals surface area (Å²) in [5.41, 5.74) is 0. The third-order valence-corrected chi connectivity index (χ3v) is 4.05. The first kappa shape index (κ1) is 15.0. The zero-order valence-corrected chi connectivity index (χ0v) is 11.8. The Morgan fingerprint density at radius 1 is 1.39 bits per heavy atom. The van der Waals surface area contributed by atoms with Gasteiger partial charge in [-0.1, -0.05) is 32.6 Å². The fourth-order valence-corrected chi connectivity index (χ4v) is 2.72. The molecule has 3 heteroatoms. The Kier molecular flexibility index (Phi) is 6.78. The smallest absolute Gasteiger partial charge is 0.223 e. The summed E-state index contributed by atoms with van der Waals surface area (Å²) in [4.78, 5) is 13.8. The molecule has 0 aromatic rings. The van der Waals surface area contributed by atoms with Crippen molar-refractivity contribution in [3.8, 4) is 6.07 Å². The SMILES string of the molecule is CCCCN(C)C(=O)CC(C#N)C1CCCCC1. The number of nitriles is 1. The number of carbonyl (C=O) groups is 1. The van der Waals surface area contributed by atoms with Crippen molar-refractivity contribution in [2.24, 2.45) is 11.8 Å². The van der Waals surface area contributed by atoms with Crippen LogP contribution in [0, 0.1) is 23.2 Å². The molecule has 1 fully saturated rings. The Bertz CT molecular complexity index is 289. The van der Waals surface area contributed by atoms with Crippen molar-refractivity contribution in [2.45, 2.75) is 58.3 Å². The second-order valence-corrected chi connectivity index (χ2v) is 5.51. The van der Waals surface area contributed by atoms with Crippen LogP contribution in [0.15, 0.2) is 0 Å². The monoisotopic (exact) mass is 250 g/mol. The van der Waals surface area contributed by atoms with Gasteiger partial charge in [-0.15, -0.1) is 0 Å². The van der Waals surface area contributed by atoms with Crippen molar-refractivity contribution < 1.29 is 4.79 Å². The lowest BCUT2D eigenvalue weighted by atomic mass is 9.79. The Morgan fingerprint density at radius 2 is 2.06 bits per heavy atom. The van der Waals surface area contributed by atoms with E-state index in [2.05, 4.69) is 13.0 Å². The van der Waals surface area contributed by atoms with Crippen molar-refractivity contribution in [1.29, 1.82) is 5.26 Å². The van der Waals surface area contributed by atoms with E-state index in [-0.39, 0.29) is 11.8 Å². The summed E-state index contributed by atoms with van der Waals surface area (Å²) in [6.45, 7) is 2.94. The number of unbranched alkanes of at least 4 members (excludes halogenated alkanes) is 1. The summed E-state index contributed by atoms with van der Waals surface area (Å²) in [6, 6.07) is 2.37. The summed E-state index contributed by atoms with van der Waals surface area (Å²) in [5.74, 6) is 0.523. The van der Waals surface area contributed by atoms with E-state index in [1.807, 2.05) is 7.05 Å². The molecule has 1 saturated carbocycles. The molecular weight excluding hydrogens is 224 g/mol. The van der Waals surface area contributed by atoms with Crippen molar-refractivity contribution >= 4 is 5.91 Å². The van der Waals surface area contributed by atoms with Gasteiger partial charge in [0.1, 0.15) is 0 Å². The molecule has 0 aromatic carbocycles. The Hall–Kier alpha value is -1.04. The van der Waals surface area contributed by atoms with Gasteiger partial charge in [0.25, 0.3) is 0 Å². The van der Waals surface area contributed by atoms with E-state index in [9.17, 15) is 10.1 Å². The topological polar surface area (TPSA) is 44.1 Å². The summed E-state index contributed by atoms with van der Waals surface area (Å²) >= 11 is 0. The zero-order valence-electron chi connectivity index (χ0n) is 11.8. The predicted octanol–water partition coefficient (Wildman–Crippen LogP) is 3.36. The highest BCUT2D eigenvalue weighted by atomic mass is 16.2. The van der Waals surface area contributed by atoms with Crippen LogP contribution in [0.2, 0.25) is 0 Å². The molecule has 1 rings (SSSR count). The van der Waals surface area contributed by atoms with E-state index >= 15 is 0 Å². The van der Waals surface area contributed by atoms with Crippen molar-refractivity contribution in [3.05, 3.63) is 0 Å². The standard InChI is InChI=1S/C15H26N2O/c1-3-4-10-17(2)15(18)11-14(12-16)13-8-6-5-7-9-13/h13-14H,3-11H2,1-2H3. The number of amides is 1. The Labute approximate surface area is 111 Å². The fourth-order valence-electron chi connectivity index (χ4n) is 2.72. The maximum absolute atomic E-state index is 12.0. The van der Waals surface area contributed by atoms with Crippen molar-refractivity contribution in [2.75, 3.05) is 13.6 Å². The minimum Gasteiger partial charge on any atom is -0.346 e. The number of rotatable bonds is 6. The molecule has 0 N–H and O–H groups in total. The first-order valence-corrected chi connectivity index (χ1v) is 7.32. The highest BCUT2D eigenvalue weighted by Gasteiger charge is 2.26. The van der Waals surface area contributed by atoms with Gasteiger partial charge in [-0.3, -0.25) is 4.79 Å². The molecular formula is C15H26N2O. The minimum absolute atomic E-state index is 0.0677. The molecule has 1 atom stereocenters. The highest BCUT2D eigenvalue weighted by Crippen LogP contribution is 2.31. The summed E-state index contributed by atoms with van der Waals surface area (Å²) < 4.78 is 0. The number of hydrogen-bond acceptors (Lipinski definition) is 2. The van der Waals surface area contributed by atoms with Crippen LogP contribution >= 0.6 is 0 Å². The highest BCUT2D eigenvalue weighted by molar-refractivity contribution is 5.76. The minimum atomic E-state index is -0.0677. The van der Waals surface area contributed by atoms with Crippen molar-refractivity contribution in [1.82, 2.24) is 4.90 Å². The molecule has 0 aromatic heterocycles. The Morgan fingerprint density at radius 3 is 2.61 bits per heavy atom. The summed E-state index contributed by atoms with van der Waals surface area (Å²) in [6.07, 6.45) is 8.56. The third-order valence-electron chi connectivity index (χ3n) is 4.05. The molecule has 0 aliphatic heterocycles. The van der Waals surface area contributed by atoms with Gasteiger partial charge < -0.3 is 4.90 Å². The van der Waals surface area contributed by atoms with E-state index in [1.165, 1.54) is 19.3 Å². The second kappa shape index (κ2) is 8.13. The average molecular weight is 250 g/mol. The second-order valence-electron chi connectivity index (χ2n) is 5.51. The molecule has 18 heavy (non-hydrogen) atoms. The quantitative estimate of drug-likeness (QED) is 0.725. The molecule has 3 nitrogen and oxygen atoms in total. The largest absolute Gasteiger partial charge is 0.346 e. The van der Waals surface area contributed by atoms with Gasteiger partial charge in [-0.25, -0.2) is 0 Å². The van der Waals surface area contributed by atoms with E-state index in [4.69, 9.17) is 0 Å². The molecule has 0 saturated heterocycles. The maximum Gasteiger partial charge on any atom is 0.223 e. The summed E-state index contributed by atoms with van der Waals surface area (Å²) in [7, 11) is 1.85. The molecule has 0 radical (unpaired) electrons. The Balaban J connectivity index is 2.42. The van der Waals surface area contributed by atoms with Gasteiger partial charge >= 0.3 is 0 Å². The maximum atomic E-state index is 12.0. The number of nitrogens with zero attached hydrogens (tertiary/aromatic N) is 2. The van der Waals surface area contributed by atoms with Crippen LogP contribution in [0.5, 0.6) is 0 Å².